The van der Waals surface area contributed by atoms with Crippen LogP contribution in [0.4, 0.5) is 0 Å². The predicted molar refractivity (Wildman–Crippen MR) is 71.8 cm³/mol. The van der Waals surface area contributed by atoms with E-state index in [2.05, 4.69) is 31.0 Å². The Hall–Kier alpha value is -0.0800. The largest absolute Gasteiger partial charge is 0.314 e. The van der Waals surface area contributed by atoms with E-state index in [1.54, 1.807) is 0 Å². The average molecular weight is 226 g/mol. The lowest BCUT2D eigenvalue weighted by atomic mass is 10.00. The van der Waals surface area contributed by atoms with Crippen LogP contribution < -0.4 is 5.32 Å². The van der Waals surface area contributed by atoms with Crippen molar-refractivity contribution < 1.29 is 0 Å². The molecule has 96 valence electrons. The van der Waals surface area contributed by atoms with E-state index in [9.17, 15) is 0 Å². The van der Waals surface area contributed by atoms with E-state index in [-0.39, 0.29) is 0 Å². The first-order valence-corrected chi connectivity index (χ1v) is 7.18. The third kappa shape index (κ3) is 5.86. The molecule has 2 heteroatoms. The summed E-state index contributed by atoms with van der Waals surface area (Å²) in [5.41, 5.74) is 0. The van der Waals surface area contributed by atoms with Gasteiger partial charge < -0.3 is 10.2 Å². The highest BCUT2D eigenvalue weighted by Crippen LogP contribution is 2.15. The Balaban J connectivity index is 2.01. The van der Waals surface area contributed by atoms with Gasteiger partial charge in [0, 0.05) is 12.6 Å². The number of hydrogen-bond acceptors (Lipinski definition) is 2. The lowest BCUT2D eigenvalue weighted by Crippen LogP contribution is -2.35. The third-order valence-electron chi connectivity index (χ3n) is 3.60. The number of nitrogens with zero attached hydrogens (tertiary/aromatic N) is 1. The number of likely N-dealkylation sites (tertiary alicyclic amines) is 1. The van der Waals surface area contributed by atoms with Crippen molar-refractivity contribution in [3.63, 3.8) is 0 Å². The number of hydrogen-bond donors (Lipinski definition) is 1. The smallest absolute Gasteiger partial charge is 0.00391 e. The van der Waals surface area contributed by atoms with E-state index in [0.717, 1.165) is 5.92 Å². The summed E-state index contributed by atoms with van der Waals surface area (Å²) in [4.78, 5) is 2.65. The summed E-state index contributed by atoms with van der Waals surface area (Å²) in [5, 5.41) is 3.56. The van der Waals surface area contributed by atoms with E-state index in [1.165, 1.54) is 58.3 Å². The molecule has 1 fully saturated rings. The maximum absolute atomic E-state index is 3.56. The van der Waals surface area contributed by atoms with E-state index in [4.69, 9.17) is 0 Å². The Labute approximate surface area is 102 Å². The standard InChI is InChI=1S/C14H30N2/c1-4-9-15-14(3)8-6-11-16-10-5-7-13(2)12-16/h13-15H,4-12H2,1-3H3. The maximum atomic E-state index is 3.56. The van der Waals surface area contributed by atoms with Crippen LogP contribution in [0, 0.1) is 5.92 Å². The van der Waals surface area contributed by atoms with Crippen molar-refractivity contribution in [2.24, 2.45) is 5.92 Å². The first-order valence-electron chi connectivity index (χ1n) is 7.18. The van der Waals surface area contributed by atoms with E-state index < -0.39 is 0 Å². The molecular weight excluding hydrogens is 196 g/mol. The summed E-state index contributed by atoms with van der Waals surface area (Å²) < 4.78 is 0. The van der Waals surface area contributed by atoms with Crippen molar-refractivity contribution in [1.29, 1.82) is 0 Å². The fourth-order valence-corrected chi connectivity index (χ4v) is 2.60. The molecule has 16 heavy (non-hydrogen) atoms. The van der Waals surface area contributed by atoms with Crippen LogP contribution in [0.3, 0.4) is 0 Å². The normalized spacial score (nSPS) is 24.6. The SMILES string of the molecule is CCCNC(C)CCCN1CCCC(C)C1. The molecule has 0 aliphatic carbocycles. The van der Waals surface area contributed by atoms with Gasteiger partial charge in [0.25, 0.3) is 0 Å². The molecule has 1 rings (SSSR count). The summed E-state index contributed by atoms with van der Waals surface area (Å²) in [6.45, 7) is 12.1. The molecule has 0 aromatic heterocycles. The molecule has 2 atom stereocenters. The lowest BCUT2D eigenvalue weighted by Gasteiger charge is -2.31. The zero-order valence-corrected chi connectivity index (χ0v) is 11.5. The Morgan fingerprint density at radius 2 is 2.25 bits per heavy atom. The van der Waals surface area contributed by atoms with Crippen LogP contribution >= 0.6 is 0 Å². The summed E-state index contributed by atoms with van der Waals surface area (Å²) in [6, 6.07) is 0.696. The molecular formula is C14H30N2. The molecule has 0 aromatic carbocycles. The molecule has 0 bridgehead atoms. The maximum Gasteiger partial charge on any atom is 0.00391 e. The zero-order valence-electron chi connectivity index (χ0n) is 11.5. The highest BCUT2D eigenvalue weighted by atomic mass is 15.1. The van der Waals surface area contributed by atoms with Crippen molar-refractivity contribution in [2.75, 3.05) is 26.2 Å². The minimum atomic E-state index is 0.696. The van der Waals surface area contributed by atoms with Crippen LogP contribution in [-0.4, -0.2) is 37.1 Å². The first-order chi connectivity index (χ1) is 7.72. The van der Waals surface area contributed by atoms with E-state index in [1.807, 2.05) is 0 Å². The van der Waals surface area contributed by atoms with Crippen LogP contribution in [0.15, 0.2) is 0 Å². The van der Waals surface area contributed by atoms with Crippen molar-refractivity contribution in [3.05, 3.63) is 0 Å². The van der Waals surface area contributed by atoms with Crippen LogP contribution in [-0.2, 0) is 0 Å². The monoisotopic (exact) mass is 226 g/mol. The van der Waals surface area contributed by atoms with Gasteiger partial charge in [0.15, 0.2) is 0 Å². The fourth-order valence-electron chi connectivity index (χ4n) is 2.60. The Kier molecular flexibility index (Phi) is 7.06. The lowest BCUT2D eigenvalue weighted by molar-refractivity contribution is 0.179. The molecule has 2 unspecified atom stereocenters. The zero-order chi connectivity index (χ0) is 11.8. The summed E-state index contributed by atoms with van der Waals surface area (Å²) in [6.07, 6.45) is 6.76. The summed E-state index contributed by atoms with van der Waals surface area (Å²) in [5.74, 6) is 0.921. The molecule has 0 amide bonds. The van der Waals surface area contributed by atoms with Gasteiger partial charge in [0.1, 0.15) is 0 Å². The molecule has 1 saturated heterocycles. The second-order valence-electron chi connectivity index (χ2n) is 5.55. The number of nitrogens with one attached hydrogen (secondary N) is 1. The Morgan fingerprint density at radius 1 is 1.44 bits per heavy atom. The van der Waals surface area contributed by atoms with E-state index >= 15 is 0 Å². The van der Waals surface area contributed by atoms with Crippen LogP contribution in [0.25, 0.3) is 0 Å². The highest BCUT2D eigenvalue weighted by Gasteiger charge is 2.15. The summed E-state index contributed by atoms with van der Waals surface area (Å²) >= 11 is 0. The van der Waals surface area contributed by atoms with Crippen LogP contribution in [0.2, 0.25) is 0 Å². The van der Waals surface area contributed by atoms with Crippen LogP contribution in [0.5, 0.6) is 0 Å². The molecule has 0 saturated carbocycles. The van der Waals surface area contributed by atoms with E-state index in [0.29, 0.717) is 6.04 Å². The van der Waals surface area contributed by atoms with Crippen LogP contribution in [0.1, 0.15) is 52.9 Å². The summed E-state index contributed by atoms with van der Waals surface area (Å²) in [7, 11) is 0. The molecule has 1 heterocycles. The van der Waals surface area contributed by atoms with Gasteiger partial charge in [-0.15, -0.1) is 0 Å². The first kappa shape index (κ1) is 14.0. The quantitative estimate of drug-likeness (QED) is 0.718. The van der Waals surface area contributed by atoms with Gasteiger partial charge in [0.05, 0.1) is 0 Å². The second-order valence-corrected chi connectivity index (χ2v) is 5.55. The molecule has 1 aliphatic rings. The second kappa shape index (κ2) is 8.08. The molecule has 0 radical (unpaired) electrons. The molecule has 2 nitrogen and oxygen atoms in total. The molecule has 0 aromatic rings. The van der Waals surface area contributed by atoms with Gasteiger partial charge in [-0.2, -0.15) is 0 Å². The van der Waals surface area contributed by atoms with Gasteiger partial charge in [-0.25, -0.2) is 0 Å². The Morgan fingerprint density at radius 3 is 2.94 bits per heavy atom. The molecule has 1 N–H and O–H groups in total. The topological polar surface area (TPSA) is 15.3 Å². The van der Waals surface area contributed by atoms with Crippen molar-refractivity contribution in [2.45, 2.75) is 58.9 Å². The Bertz CT molecular complexity index is 170. The van der Waals surface area contributed by atoms with Crippen molar-refractivity contribution in [3.8, 4) is 0 Å². The van der Waals surface area contributed by atoms with Gasteiger partial charge in [0.2, 0.25) is 0 Å². The fraction of sp³-hybridized carbons (Fsp3) is 1.00. The van der Waals surface area contributed by atoms with Gasteiger partial charge in [-0.05, 0) is 64.6 Å². The number of rotatable bonds is 7. The average Bonchev–Trinajstić information content (AvgIpc) is 2.26. The third-order valence-corrected chi connectivity index (χ3v) is 3.60. The predicted octanol–water partition coefficient (Wildman–Crippen LogP) is 2.89. The van der Waals surface area contributed by atoms with Gasteiger partial charge in [-0.3, -0.25) is 0 Å². The molecule has 1 aliphatic heterocycles. The minimum absolute atomic E-state index is 0.696. The highest BCUT2D eigenvalue weighted by molar-refractivity contribution is 4.70. The van der Waals surface area contributed by atoms with Gasteiger partial charge in [-0.1, -0.05) is 13.8 Å². The minimum Gasteiger partial charge on any atom is -0.314 e. The van der Waals surface area contributed by atoms with Crippen molar-refractivity contribution >= 4 is 0 Å². The van der Waals surface area contributed by atoms with Crippen molar-refractivity contribution in [1.82, 2.24) is 10.2 Å². The number of piperidine rings is 1. The molecule has 0 spiro atoms. The van der Waals surface area contributed by atoms with Gasteiger partial charge >= 0.3 is 0 Å².